The zero-order chi connectivity index (χ0) is 10.7. The van der Waals surface area contributed by atoms with Crippen LogP contribution < -0.4 is 0 Å². The maximum Gasteiger partial charge on any atom is 0.147 e. The van der Waals surface area contributed by atoms with Gasteiger partial charge in [-0.3, -0.25) is 0 Å². The second-order valence-corrected chi connectivity index (χ2v) is 2.74. The summed E-state index contributed by atoms with van der Waals surface area (Å²) in [5, 5.41) is 0. The normalized spacial score (nSPS) is 10.6. The van der Waals surface area contributed by atoms with E-state index in [1.807, 2.05) is 13.8 Å². The molecule has 0 aromatic carbocycles. The molecule has 0 saturated heterocycles. The lowest BCUT2D eigenvalue weighted by Gasteiger charge is -2.23. The van der Waals surface area contributed by atoms with Crippen LogP contribution in [0.25, 0.3) is 0 Å². The molecule has 6 heteroatoms. The minimum absolute atomic E-state index is 0.264. The van der Waals surface area contributed by atoms with Crippen molar-refractivity contribution in [2.75, 3.05) is 27.6 Å². The van der Waals surface area contributed by atoms with Crippen molar-refractivity contribution in [3.63, 3.8) is 0 Å². The van der Waals surface area contributed by atoms with Crippen molar-refractivity contribution in [3.8, 4) is 0 Å². The van der Waals surface area contributed by atoms with Gasteiger partial charge in [0.05, 0.1) is 12.7 Å². The van der Waals surface area contributed by atoms with Crippen LogP contribution in [-0.4, -0.2) is 33.2 Å². The van der Waals surface area contributed by atoms with E-state index in [4.69, 9.17) is 14.4 Å². The molecule has 0 N–H and O–H groups in total. The van der Waals surface area contributed by atoms with Gasteiger partial charge >= 0.3 is 0 Å². The van der Waals surface area contributed by atoms with Gasteiger partial charge in [0, 0.05) is 44.3 Å². The van der Waals surface area contributed by atoms with Crippen LogP contribution in [0.2, 0.25) is 0 Å². The quantitative estimate of drug-likeness (QED) is 0.288. The first-order chi connectivity index (χ1) is 6.12. The van der Waals surface area contributed by atoms with Gasteiger partial charge in [-0.15, -0.1) is 0 Å². The molecule has 13 heavy (non-hydrogen) atoms. The first-order valence-electron chi connectivity index (χ1n) is 3.55. The fourth-order valence-electron chi connectivity index (χ4n) is 0.461. The monoisotopic (exact) mass is 418 g/mol. The summed E-state index contributed by atoms with van der Waals surface area (Å²) in [5.41, 5.74) is -0.369. The van der Waals surface area contributed by atoms with Crippen molar-refractivity contribution < 1.29 is 19.2 Å². The van der Waals surface area contributed by atoms with Crippen LogP contribution in [0.4, 0.5) is 0 Å². The Balaban J connectivity index is 0. The van der Waals surface area contributed by atoms with Crippen LogP contribution >= 0.6 is 37.2 Å². The SMILES string of the molecule is COCOC(C)(C)COOC.II. The summed E-state index contributed by atoms with van der Waals surface area (Å²) in [7, 11) is 3.04. The molecule has 0 spiro atoms. The molecular formula is C7H16I2O4. The van der Waals surface area contributed by atoms with Gasteiger partial charge in [0.15, 0.2) is 0 Å². The van der Waals surface area contributed by atoms with E-state index >= 15 is 0 Å². The largest absolute Gasteiger partial charge is 0.359 e. The molecule has 0 fully saturated rings. The Morgan fingerprint density at radius 2 is 1.69 bits per heavy atom. The van der Waals surface area contributed by atoms with Gasteiger partial charge in [0.25, 0.3) is 0 Å². The summed E-state index contributed by atoms with van der Waals surface area (Å²) < 4.78 is 9.99. The van der Waals surface area contributed by atoms with Crippen LogP contribution in [0.15, 0.2) is 0 Å². The second kappa shape index (κ2) is 11.4. The lowest BCUT2D eigenvalue weighted by molar-refractivity contribution is -0.303. The lowest BCUT2D eigenvalue weighted by atomic mass is 10.2. The molecule has 0 aromatic heterocycles. The van der Waals surface area contributed by atoms with Gasteiger partial charge in [0.1, 0.15) is 13.4 Å². The Kier molecular flexibility index (Phi) is 14.6. The Hall–Kier alpha value is 1.30. The third-order valence-electron chi connectivity index (χ3n) is 1.09. The smallest absolute Gasteiger partial charge is 0.147 e. The standard InChI is InChI=1S/C7H16O4.I2/c1-7(2,5-11-9-4)10-6-8-3;1-2/h5-6H2,1-4H3;. The van der Waals surface area contributed by atoms with E-state index in [1.165, 1.54) is 7.11 Å². The van der Waals surface area contributed by atoms with Crippen molar-refractivity contribution in [2.45, 2.75) is 19.4 Å². The minimum Gasteiger partial charge on any atom is -0.359 e. The fraction of sp³-hybridized carbons (Fsp3) is 1.00. The number of rotatable bonds is 6. The first kappa shape index (κ1) is 16.7. The van der Waals surface area contributed by atoms with Crippen molar-refractivity contribution in [1.82, 2.24) is 0 Å². The highest BCUT2D eigenvalue weighted by Gasteiger charge is 2.18. The van der Waals surface area contributed by atoms with Gasteiger partial charge in [-0.25, -0.2) is 9.78 Å². The number of hydrogen-bond donors (Lipinski definition) is 0. The Labute approximate surface area is 103 Å². The zero-order valence-corrected chi connectivity index (χ0v) is 12.6. The summed E-state index contributed by atoms with van der Waals surface area (Å²) in [5.74, 6) is 0. The molecule has 0 aliphatic carbocycles. The molecule has 4 nitrogen and oxygen atoms in total. The van der Waals surface area contributed by atoms with Crippen molar-refractivity contribution >= 4 is 37.2 Å². The van der Waals surface area contributed by atoms with E-state index < -0.39 is 0 Å². The molecule has 0 aromatic rings. The van der Waals surface area contributed by atoms with Crippen LogP contribution in [-0.2, 0) is 19.2 Å². The number of methoxy groups -OCH3 is 1. The average Bonchev–Trinajstić information content (AvgIpc) is 2.15. The maximum atomic E-state index is 5.25. The zero-order valence-electron chi connectivity index (χ0n) is 8.30. The fourth-order valence-corrected chi connectivity index (χ4v) is 0.461. The molecule has 0 aliphatic heterocycles. The molecule has 0 atom stereocenters. The number of halogens is 2. The van der Waals surface area contributed by atoms with E-state index in [0.29, 0.717) is 6.61 Å². The molecule has 0 amide bonds. The first-order valence-corrected chi connectivity index (χ1v) is 9.84. The van der Waals surface area contributed by atoms with E-state index in [9.17, 15) is 0 Å². The minimum atomic E-state index is -0.369. The molecule has 0 aliphatic rings. The van der Waals surface area contributed by atoms with E-state index in [-0.39, 0.29) is 12.4 Å². The highest BCUT2D eigenvalue weighted by molar-refractivity contribution is 15.0. The Morgan fingerprint density at radius 3 is 2.08 bits per heavy atom. The molecular weight excluding hydrogens is 402 g/mol. The molecule has 82 valence electrons. The van der Waals surface area contributed by atoms with Crippen LogP contribution in [0, 0.1) is 0 Å². The predicted molar refractivity (Wildman–Crippen MR) is 68.0 cm³/mol. The highest BCUT2D eigenvalue weighted by atomic mass is 128. The molecule has 0 saturated carbocycles. The Morgan fingerprint density at radius 1 is 1.15 bits per heavy atom. The Bertz CT molecular complexity index is 90.5. The van der Waals surface area contributed by atoms with Gasteiger partial charge in [0.2, 0.25) is 0 Å². The molecule has 0 bridgehead atoms. The summed E-state index contributed by atoms with van der Waals surface area (Å²) >= 11 is 4.24. The van der Waals surface area contributed by atoms with Gasteiger partial charge in [-0.2, -0.15) is 0 Å². The molecule has 0 heterocycles. The van der Waals surface area contributed by atoms with Gasteiger partial charge in [-0.05, 0) is 13.8 Å². The third kappa shape index (κ3) is 13.3. The van der Waals surface area contributed by atoms with Gasteiger partial charge in [-0.1, -0.05) is 0 Å². The molecule has 0 unspecified atom stereocenters. The maximum absolute atomic E-state index is 5.25. The lowest BCUT2D eigenvalue weighted by Crippen LogP contribution is -2.31. The summed E-state index contributed by atoms with van der Waals surface area (Å²) in [6, 6.07) is 0. The van der Waals surface area contributed by atoms with E-state index in [0.717, 1.165) is 0 Å². The highest BCUT2D eigenvalue weighted by Crippen LogP contribution is 2.08. The predicted octanol–water partition coefficient (Wildman–Crippen LogP) is 2.73. The van der Waals surface area contributed by atoms with Crippen LogP contribution in [0.3, 0.4) is 0 Å². The summed E-state index contributed by atoms with van der Waals surface area (Å²) in [4.78, 5) is 9.15. The van der Waals surface area contributed by atoms with Gasteiger partial charge < -0.3 is 9.47 Å². The van der Waals surface area contributed by atoms with Crippen molar-refractivity contribution in [2.24, 2.45) is 0 Å². The average molecular weight is 418 g/mol. The number of hydrogen-bond acceptors (Lipinski definition) is 4. The summed E-state index contributed by atoms with van der Waals surface area (Å²) in [6.45, 7) is 4.43. The number of ether oxygens (including phenoxy) is 2. The van der Waals surface area contributed by atoms with Crippen LogP contribution in [0.5, 0.6) is 0 Å². The van der Waals surface area contributed by atoms with E-state index in [2.05, 4.69) is 42.1 Å². The topological polar surface area (TPSA) is 36.9 Å². The van der Waals surface area contributed by atoms with Crippen molar-refractivity contribution in [1.29, 1.82) is 0 Å². The second-order valence-electron chi connectivity index (χ2n) is 2.74. The van der Waals surface area contributed by atoms with E-state index in [1.54, 1.807) is 7.11 Å². The third-order valence-corrected chi connectivity index (χ3v) is 1.09. The molecule has 0 rings (SSSR count). The molecule has 0 radical (unpaired) electrons. The van der Waals surface area contributed by atoms with Crippen molar-refractivity contribution in [3.05, 3.63) is 0 Å². The van der Waals surface area contributed by atoms with Crippen LogP contribution in [0.1, 0.15) is 13.8 Å². The summed E-state index contributed by atoms with van der Waals surface area (Å²) in [6.07, 6.45) is 0.